The molecule has 6 nitrogen and oxygen atoms in total. The molecule has 0 radical (unpaired) electrons. The fraction of sp³-hybridized carbons (Fsp3) is 0.333. The minimum absolute atomic E-state index is 0.117. The van der Waals surface area contributed by atoms with Gasteiger partial charge in [0.05, 0.1) is 19.9 Å². The van der Waals surface area contributed by atoms with E-state index in [0.717, 1.165) is 29.7 Å². The number of halogens is 1. The quantitative estimate of drug-likeness (QED) is 0.731. The Kier molecular flexibility index (Phi) is 4.99. The molecule has 0 bridgehead atoms. The maximum Gasteiger partial charge on any atom is 0.404 e. The van der Waals surface area contributed by atoms with Crippen LogP contribution in [-0.2, 0) is 0 Å². The lowest BCUT2D eigenvalue weighted by Gasteiger charge is -2.16. The highest BCUT2D eigenvalue weighted by Gasteiger charge is 2.43. The predicted molar refractivity (Wildman–Crippen MR) is 94.4 cm³/mol. The fourth-order valence-electron chi connectivity index (χ4n) is 2.55. The highest BCUT2D eigenvalue weighted by Crippen LogP contribution is 2.45. The maximum atomic E-state index is 10.7. The third kappa shape index (κ3) is 4.33. The molecule has 1 heterocycles. The summed E-state index contributed by atoms with van der Waals surface area (Å²) in [4.78, 5) is 14.8. The SMILES string of the molecule is COc1cccc(-c2cc(OCC3(CNC(=O)O)CC3)cnc2Cl)c1. The number of carbonyl (C=O) groups is 1. The average Bonchev–Trinajstić information content (AvgIpc) is 3.40. The van der Waals surface area contributed by atoms with E-state index in [1.807, 2.05) is 30.3 Å². The van der Waals surface area contributed by atoms with Gasteiger partial charge in [-0.3, -0.25) is 0 Å². The van der Waals surface area contributed by atoms with E-state index in [1.165, 1.54) is 0 Å². The molecule has 1 aliphatic carbocycles. The molecule has 2 N–H and O–H groups in total. The van der Waals surface area contributed by atoms with Crippen molar-refractivity contribution in [3.8, 4) is 22.6 Å². The Morgan fingerprint density at radius 1 is 1.36 bits per heavy atom. The number of hydrogen-bond acceptors (Lipinski definition) is 4. The molecule has 1 saturated carbocycles. The second-order valence-electron chi connectivity index (χ2n) is 6.19. The second kappa shape index (κ2) is 7.19. The minimum Gasteiger partial charge on any atom is -0.497 e. The van der Waals surface area contributed by atoms with Crippen molar-refractivity contribution in [2.24, 2.45) is 5.41 Å². The number of pyridine rings is 1. The summed E-state index contributed by atoms with van der Waals surface area (Å²) in [6.07, 6.45) is 2.44. The van der Waals surface area contributed by atoms with Gasteiger partial charge < -0.3 is 19.9 Å². The highest BCUT2D eigenvalue weighted by molar-refractivity contribution is 6.32. The lowest BCUT2D eigenvalue weighted by molar-refractivity contribution is 0.184. The summed E-state index contributed by atoms with van der Waals surface area (Å²) < 4.78 is 11.1. The van der Waals surface area contributed by atoms with E-state index < -0.39 is 6.09 Å². The van der Waals surface area contributed by atoms with Crippen molar-refractivity contribution in [3.63, 3.8) is 0 Å². The van der Waals surface area contributed by atoms with Crippen LogP contribution < -0.4 is 14.8 Å². The van der Waals surface area contributed by atoms with Crippen LogP contribution in [0.2, 0.25) is 5.15 Å². The first-order valence-corrected chi connectivity index (χ1v) is 8.29. The summed E-state index contributed by atoms with van der Waals surface area (Å²) in [5, 5.41) is 11.6. The number of amides is 1. The average molecular weight is 363 g/mol. The van der Waals surface area contributed by atoms with Crippen molar-refractivity contribution in [3.05, 3.63) is 41.7 Å². The van der Waals surface area contributed by atoms with Crippen molar-refractivity contribution in [1.82, 2.24) is 10.3 Å². The molecule has 1 aromatic heterocycles. The van der Waals surface area contributed by atoms with Crippen LogP contribution in [0.4, 0.5) is 4.79 Å². The Balaban J connectivity index is 1.72. The molecule has 1 amide bonds. The number of aromatic nitrogens is 1. The van der Waals surface area contributed by atoms with Crippen molar-refractivity contribution in [2.75, 3.05) is 20.3 Å². The first-order valence-electron chi connectivity index (χ1n) is 7.91. The summed E-state index contributed by atoms with van der Waals surface area (Å²) in [5.74, 6) is 1.33. The van der Waals surface area contributed by atoms with E-state index in [9.17, 15) is 4.79 Å². The van der Waals surface area contributed by atoms with Crippen LogP contribution in [0, 0.1) is 5.41 Å². The van der Waals surface area contributed by atoms with E-state index in [1.54, 1.807) is 13.3 Å². The van der Waals surface area contributed by atoms with E-state index >= 15 is 0 Å². The summed E-state index contributed by atoms with van der Waals surface area (Å²) in [7, 11) is 1.61. The van der Waals surface area contributed by atoms with Gasteiger partial charge in [-0.1, -0.05) is 23.7 Å². The van der Waals surface area contributed by atoms with Crippen LogP contribution in [0.15, 0.2) is 36.5 Å². The third-order valence-corrected chi connectivity index (χ3v) is 4.61. The molecule has 1 aromatic carbocycles. The van der Waals surface area contributed by atoms with E-state index in [0.29, 0.717) is 24.1 Å². The second-order valence-corrected chi connectivity index (χ2v) is 6.55. The van der Waals surface area contributed by atoms with E-state index in [-0.39, 0.29) is 5.41 Å². The molecule has 0 aliphatic heterocycles. The molecule has 1 fully saturated rings. The minimum atomic E-state index is -1.01. The molecule has 0 atom stereocenters. The van der Waals surface area contributed by atoms with Gasteiger partial charge in [0.1, 0.15) is 16.7 Å². The van der Waals surface area contributed by atoms with Crippen molar-refractivity contribution in [1.29, 1.82) is 0 Å². The van der Waals surface area contributed by atoms with Crippen LogP contribution >= 0.6 is 11.6 Å². The van der Waals surface area contributed by atoms with Gasteiger partial charge >= 0.3 is 6.09 Å². The first kappa shape index (κ1) is 17.4. The Bertz CT molecular complexity index is 777. The molecule has 0 unspecified atom stereocenters. The Hall–Kier alpha value is -2.47. The largest absolute Gasteiger partial charge is 0.497 e. The fourth-order valence-corrected chi connectivity index (χ4v) is 2.76. The molecule has 3 rings (SSSR count). The number of ether oxygens (including phenoxy) is 2. The molecule has 2 aromatic rings. The van der Waals surface area contributed by atoms with E-state index in [4.69, 9.17) is 26.2 Å². The normalized spacial score (nSPS) is 14.6. The first-order chi connectivity index (χ1) is 12.0. The number of nitrogens with one attached hydrogen (secondary N) is 1. The van der Waals surface area contributed by atoms with Crippen LogP contribution in [0.25, 0.3) is 11.1 Å². The van der Waals surface area contributed by atoms with Crippen LogP contribution in [0.1, 0.15) is 12.8 Å². The van der Waals surface area contributed by atoms with Crippen molar-refractivity contribution in [2.45, 2.75) is 12.8 Å². The smallest absolute Gasteiger partial charge is 0.404 e. The molecule has 132 valence electrons. The van der Waals surface area contributed by atoms with Crippen LogP contribution in [0.5, 0.6) is 11.5 Å². The summed E-state index contributed by atoms with van der Waals surface area (Å²) in [6, 6.07) is 9.39. The summed E-state index contributed by atoms with van der Waals surface area (Å²) in [5.41, 5.74) is 1.52. The highest BCUT2D eigenvalue weighted by atomic mass is 35.5. The zero-order chi connectivity index (χ0) is 17.9. The Morgan fingerprint density at radius 3 is 2.84 bits per heavy atom. The molecule has 1 aliphatic rings. The van der Waals surface area contributed by atoms with Gasteiger partial charge in [0.2, 0.25) is 0 Å². The number of benzene rings is 1. The number of rotatable bonds is 7. The molecule has 7 heteroatoms. The van der Waals surface area contributed by atoms with Gasteiger partial charge in [0.25, 0.3) is 0 Å². The molecule has 0 saturated heterocycles. The molecular formula is C18H19ClN2O4. The van der Waals surface area contributed by atoms with Gasteiger partial charge in [-0.25, -0.2) is 9.78 Å². The molecular weight excluding hydrogens is 344 g/mol. The van der Waals surface area contributed by atoms with Crippen LogP contribution in [-0.4, -0.2) is 36.4 Å². The van der Waals surface area contributed by atoms with Gasteiger partial charge in [-0.2, -0.15) is 0 Å². The van der Waals surface area contributed by atoms with Gasteiger partial charge in [-0.15, -0.1) is 0 Å². The van der Waals surface area contributed by atoms with Gasteiger partial charge in [-0.05, 0) is 36.6 Å². The topological polar surface area (TPSA) is 80.7 Å². The standard InChI is InChI=1S/C18H19ClN2O4/c1-24-13-4-2-3-12(7-13)15-8-14(9-20-16(15)19)25-11-18(5-6-18)10-21-17(22)23/h2-4,7-9,21H,5-6,10-11H2,1H3,(H,22,23). The Labute approximate surface area is 150 Å². The lowest BCUT2D eigenvalue weighted by Crippen LogP contribution is -2.31. The van der Waals surface area contributed by atoms with Crippen LogP contribution in [0.3, 0.4) is 0 Å². The number of nitrogens with zero attached hydrogens (tertiary/aromatic N) is 1. The zero-order valence-electron chi connectivity index (χ0n) is 13.8. The number of methoxy groups -OCH3 is 1. The lowest BCUT2D eigenvalue weighted by atomic mass is 10.1. The monoisotopic (exact) mass is 362 g/mol. The maximum absolute atomic E-state index is 10.7. The summed E-state index contributed by atoms with van der Waals surface area (Å²) in [6.45, 7) is 0.834. The number of carboxylic acid groups (broad SMARTS) is 1. The van der Waals surface area contributed by atoms with Crippen molar-refractivity contribution >= 4 is 17.7 Å². The van der Waals surface area contributed by atoms with Gasteiger partial charge in [0, 0.05) is 17.5 Å². The summed E-state index contributed by atoms with van der Waals surface area (Å²) >= 11 is 6.23. The number of hydrogen-bond donors (Lipinski definition) is 2. The third-order valence-electron chi connectivity index (χ3n) is 4.31. The van der Waals surface area contributed by atoms with Crippen molar-refractivity contribution < 1.29 is 19.4 Å². The zero-order valence-corrected chi connectivity index (χ0v) is 14.5. The van der Waals surface area contributed by atoms with E-state index in [2.05, 4.69) is 10.3 Å². The molecule has 0 spiro atoms. The predicted octanol–water partition coefficient (Wildman–Crippen LogP) is 3.84. The van der Waals surface area contributed by atoms with Gasteiger partial charge in [0.15, 0.2) is 0 Å². The molecule has 25 heavy (non-hydrogen) atoms. The Morgan fingerprint density at radius 2 is 2.16 bits per heavy atom.